The number of nitrogens with one attached hydrogen (secondary N) is 1. The summed E-state index contributed by atoms with van der Waals surface area (Å²) in [6, 6.07) is 2.68. The van der Waals surface area contributed by atoms with Gasteiger partial charge in [0.2, 0.25) is 0 Å². The molecule has 5 heteroatoms. The lowest BCUT2D eigenvalue weighted by Crippen LogP contribution is -2.14. The Morgan fingerprint density at radius 1 is 1.21 bits per heavy atom. The molecule has 0 atom stereocenters. The maximum absolute atomic E-state index is 14.0. The fourth-order valence-electron chi connectivity index (χ4n) is 2.99. The molecule has 102 valence electrons. The van der Waals surface area contributed by atoms with Gasteiger partial charge < -0.3 is 9.55 Å². The van der Waals surface area contributed by atoms with E-state index in [1.54, 1.807) is 10.6 Å². The molecule has 0 saturated heterocycles. The summed E-state index contributed by atoms with van der Waals surface area (Å²) in [6.45, 7) is 0.680. The van der Waals surface area contributed by atoms with Gasteiger partial charge in [0.25, 0.3) is 0 Å². The molecule has 0 amide bonds. The van der Waals surface area contributed by atoms with Gasteiger partial charge >= 0.3 is 0 Å². The highest BCUT2D eigenvalue weighted by atomic mass is 32.1. The van der Waals surface area contributed by atoms with Gasteiger partial charge in [0.15, 0.2) is 16.4 Å². The van der Waals surface area contributed by atoms with Crippen molar-refractivity contribution in [3.8, 4) is 0 Å². The summed E-state index contributed by atoms with van der Waals surface area (Å²) >= 11 is 5.24. The highest BCUT2D eigenvalue weighted by molar-refractivity contribution is 7.71. The zero-order valence-corrected chi connectivity index (χ0v) is 11.4. The van der Waals surface area contributed by atoms with Crippen LogP contribution in [-0.2, 0) is 6.54 Å². The average Bonchev–Trinajstić information content (AvgIpc) is 2.73. The SMILES string of the molecule is Fc1ccc2[nH]c(=S)n(CC3CCCCC3)c2c1F. The zero-order chi connectivity index (χ0) is 13.4. The highest BCUT2D eigenvalue weighted by Gasteiger charge is 2.18. The molecule has 1 fully saturated rings. The van der Waals surface area contributed by atoms with Crippen molar-refractivity contribution in [3.63, 3.8) is 0 Å². The Kier molecular flexibility index (Phi) is 3.39. The Hall–Kier alpha value is -1.23. The predicted molar refractivity (Wildman–Crippen MR) is 73.6 cm³/mol. The van der Waals surface area contributed by atoms with Gasteiger partial charge in [-0.2, -0.15) is 0 Å². The smallest absolute Gasteiger partial charge is 0.184 e. The molecule has 1 heterocycles. The summed E-state index contributed by atoms with van der Waals surface area (Å²) in [4.78, 5) is 2.96. The maximum atomic E-state index is 14.0. The molecule has 0 radical (unpaired) electrons. The number of rotatable bonds is 2. The molecular weight excluding hydrogens is 266 g/mol. The van der Waals surface area contributed by atoms with Crippen LogP contribution in [0.5, 0.6) is 0 Å². The number of hydrogen-bond acceptors (Lipinski definition) is 1. The lowest BCUT2D eigenvalue weighted by molar-refractivity contribution is 0.320. The largest absolute Gasteiger partial charge is 0.330 e. The number of fused-ring (bicyclic) bond motifs is 1. The second kappa shape index (κ2) is 5.04. The van der Waals surface area contributed by atoms with E-state index in [0.717, 1.165) is 18.9 Å². The first kappa shape index (κ1) is 12.8. The minimum Gasteiger partial charge on any atom is -0.330 e. The minimum atomic E-state index is -0.820. The summed E-state index contributed by atoms with van der Waals surface area (Å²) < 4.78 is 29.5. The van der Waals surface area contributed by atoms with Gasteiger partial charge in [0, 0.05) is 6.54 Å². The molecule has 19 heavy (non-hydrogen) atoms. The topological polar surface area (TPSA) is 20.7 Å². The Balaban J connectivity index is 2.04. The van der Waals surface area contributed by atoms with Gasteiger partial charge in [-0.3, -0.25) is 0 Å². The lowest BCUT2D eigenvalue weighted by Gasteiger charge is -2.22. The van der Waals surface area contributed by atoms with E-state index in [1.165, 1.54) is 19.3 Å². The summed E-state index contributed by atoms with van der Waals surface area (Å²) in [5, 5.41) is 0. The normalized spacial score (nSPS) is 17.2. The number of aromatic amines is 1. The Bertz CT molecular complexity index is 653. The number of H-pyrrole nitrogens is 1. The third kappa shape index (κ3) is 2.31. The molecular formula is C14H16F2N2S. The molecule has 3 rings (SSSR count). The monoisotopic (exact) mass is 282 g/mol. The van der Waals surface area contributed by atoms with E-state index in [1.807, 2.05) is 0 Å². The number of benzene rings is 1. The molecule has 2 nitrogen and oxygen atoms in total. The van der Waals surface area contributed by atoms with Gasteiger partial charge in [0.1, 0.15) is 5.52 Å². The van der Waals surface area contributed by atoms with Crippen molar-refractivity contribution in [3.05, 3.63) is 28.5 Å². The van der Waals surface area contributed by atoms with Crippen molar-refractivity contribution in [2.45, 2.75) is 38.6 Å². The molecule has 1 aromatic heterocycles. The van der Waals surface area contributed by atoms with Crippen LogP contribution in [0.3, 0.4) is 0 Å². The summed E-state index contributed by atoms with van der Waals surface area (Å²) in [5.41, 5.74) is 0.843. The van der Waals surface area contributed by atoms with E-state index in [4.69, 9.17) is 12.2 Å². The highest BCUT2D eigenvalue weighted by Crippen LogP contribution is 2.28. The molecule has 1 aliphatic rings. The minimum absolute atomic E-state index is 0.274. The molecule has 1 aromatic carbocycles. The molecule has 0 unspecified atom stereocenters. The Morgan fingerprint density at radius 3 is 2.68 bits per heavy atom. The van der Waals surface area contributed by atoms with E-state index in [2.05, 4.69) is 4.98 Å². The van der Waals surface area contributed by atoms with Crippen molar-refractivity contribution in [1.29, 1.82) is 0 Å². The number of aromatic nitrogens is 2. The van der Waals surface area contributed by atoms with E-state index < -0.39 is 11.6 Å². The van der Waals surface area contributed by atoms with Crippen LogP contribution in [0, 0.1) is 22.3 Å². The molecule has 0 spiro atoms. The average molecular weight is 282 g/mol. The van der Waals surface area contributed by atoms with Crippen LogP contribution in [0.15, 0.2) is 12.1 Å². The Labute approximate surface area is 115 Å². The van der Waals surface area contributed by atoms with E-state index in [0.29, 0.717) is 22.8 Å². The van der Waals surface area contributed by atoms with Gasteiger partial charge in [-0.1, -0.05) is 19.3 Å². The fourth-order valence-corrected chi connectivity index (χ4v) is 3.27. The summed E-state index contributed by atoms with van der Waals surface area (Å²) in [5.74, 6) is -1.11. The van der Waals surface area contributed by atoms with Crippen LogP contribution < -0.4 is 0 Å². The molecule has 2 aromatic rings. The van der Waals surface area contributed by atoms with E-state index in [9.17, 15) is 8.78 Å². The van der Waals surface area contributed by atoms with E-state index in [-0.39, 0.29) is 5.52 Å². The first-order valence-electron chi connectivity index (χ1n) is 6.73. The second-order valence-electron chi connectivity index (χ2n) is 5.30. The number of hydrogen-bond donors (Lipinski definition) is 1. The summed E-state index contributed by atoms with van der Waals surface area (Å²) in [6.07, 6.45) is 6.00. The lowest BCUT2D eigenvalue weighted by atomic mass is 9.89. The quantitative estimate of drug-likeness (QED) is 0.801. The fraction of sp³-hybridized carbons (Fsp3) is 0.500. The van der Waals surface area contributed by atoms with E-state index >= 15 is 0 Å². The molecule has 1 N–H and O–H groups in total. The molecule has 0 aliphatic heterocycles. The van der Waals surface area contributed by atoms with Crippen LogP contribution in [0.1, 0.15) is 32.1 Å². The van der Waals surface area contributed by atoms with Gasteiger partial charge in [0.05, 0.1) is 5.52 Å². The van der Waals surface area contributed by atoms with Gasteiger partial charge in [-0.05, 0) is 43.1 Å². The first-order valence-corrected chi connectivity index (χ1v) is 7.14. The van der Waals surface area contributed by atoms with Crippen molar-refractivity contribution in [2.75, 3.05) is 0 Å². The molecule has 1 saturated carbocycles. The number of imidazole rings is 1. The van der Waals surface area contributed by atoms with Gasteiger partial charge in [-0.15, -0.1) is 0 Å². The van der Waals surface area contributed by atoms with Crippen molar-refractivity contribution in [2.24, 2.45) is 5.92 Å². The third-order valence-corrected chi connectivity index (χ3v) is 4.31. The van der Waals surface area contributed by atoms with Crippen LogP contribution in [0.25, 0.3) is 11.0 Å². The van der Waals surface area contributed by atoms with Crippen LogP contribution >= 0.6 is 12.2 Å². The van der Waals surface area contributed by atoms with Crippen molar-refractivity contribution >= 4 is 23.3 Å². The van der Waals surface area contributed by atoms with Crippen molar-refractivity contribution in [1.82, 2.24) is 9.55 Å². The Morgan fingerprint density at radius 2 is 1.95 bits per heavy atom. The maximum Gasteiger partial charge on any atom is 0.184 e. The third-order valence-electron chi connectivity index (χ3n) is 3.99. The predicted octanol–water partition coefficient (Wildman–Crippen LogP) is 4.56. The summed E-state index contributed by atoms with van der Waals surface area (Å²) in [7, 11) is 0. The zero-order valence-electron chi connectivity index (χ0n) is 10.6. The van der Waals surface area contributed by atoms with Crippen LogP contribution in [0.2, 0.25) is 0 Å². The van der Waals surface area contributed by atoms with Gasteiger partial charge in [-0.25, -0.2) is 8.78 Å². The molecule has 0 bridgehead atoms. The second-order valence-corrected chi connectivity index (χ2v) is 5.69. The van der Waals surface area contributed by atoms with Crippen molar-refractivity contribution < 1.29 is 8.78 Å². The van der Waals surface area contributed by atoms with Crippen LogP contribution in [-0.4, -0.2) is 9.55 Å². The molecule has 1 aliphatic carbocycles. The number of nitrogens with zero attached hydrogens (tertiary/aromatic N) is 1. The number of halogens is 2. The first-order chi connectivity index (χ1) is 9.16. The van der Waals surface area contributed by atoms with Crippen LogP contribution in [0.4, 0.5) is 8.78 Å². The standard InChI is InChI=1S/C14H16F2N2S/c15-10-6-7-11-13(12(10)16)18(14(19)17-11)8-9-4-2-1-3-5-9/h6-7,9H,1-5,8H2,(H,17,19).